The Labute approximate surface area is 158 Å². The van der Waals surface area contributed by atoms with E-state index in [2.05, 4.69) is 0 Å². The van der Waals surface area contributed by atoms with Crippen LogP contribution in [-0.4, -0.2) is 17.6 Å². The average molecular weight is 363 g/mol. The predicted molar refractivity (Wildman–Crippen MR) is 105 cm³/mol. The largest absolute Gasteiger partial charge is 0.462 e. The zero-order valence-corrected chi connectivity index (χ0v) is 15.7. The van der Waals surface area contributed by atoms with Crippen molar-refractivity contribution in [1.82, 2.24) is 4.98 Å². The summed E-state index contributed by atoms with van der Waals surface area (Å²) < 4.78 is 18.7. The lowest BCUT2D eigenvalue weighted by Gasteiger charge is -2.18. The lowest BCUT2D eigenvalue weighted by Crippen LogP contribution is -2.13. The fourth-order valence-corrected chi connectivity index (χ4v) is 3.01. The van der Waals surface area contributed by atoms with E-state index in [1.807, 2.05) is 50.2 Å². The van der Waals surface area contributed by atoms with Crippen molar-refractivity contribution >= 4 is 5.97 Å². The van der Waals surface area contributed by atoms with E-state index in [1.54, 1.807) is 19.1 Å². The molecule has 2 aromatic carbocycles. The van der Waals surface area contributed by atoms with Crippen LogP contribution in [0.15, 0.2) is 60.7 Å². The highest BCUT2D eigenvalue weighted by atomic mass is 19.1. The first-order valence-corrected chi connectivity index (χ1v) is 9.04. The highest BCUT2D eigenvalue weighted by Gasteiger charge is 2.23. The van der Waals surface area contributed by atoms with Crippen molar-refractivity contribution in [2.75, 3.05) is 6.61 Å². The lowest BCUT2D eigenvalue weighted by molar-refractivity contribution is 0.0525. The minimum Gasteiger partial charge on any atom is -0.462 e. The van der Waals surface area contributed by atoms with Gasteiger partial charge in [-0.15, -0.1) is 0 Å². The van der Waals surface area contributed by atoms with Gasteiger partial charge in [0.15, 0.2) is 0 Å². The highest BCUT2D eigenvalue weighted by molar-refractivity contribution is 5.98. The molecule has 0 aliphatic heterocycles. The zero-order valence-electron chi connectivity index (χ0n) is 15.7. The third-order valence-electron chi connectivity index (χ3n) is 4.34. The van der Waals surface area contributed by atoms with Gasteiger partial charge in [-0.25, -0.2) is 14.2 Å². The molecule has 4 heteroatoms. The molecule has 0 N–H and O–H groups in total. The number of aromatic nitrogens is 1. The highest BCUT2D eigenvalue weighted by Crippen LogP contribution is 2.33. The molecule has 0 unspecified atom stereocenters. The number of hydrogen-bond acceptors (Lipinski definition) is 3. The van der Waals surface area contributed by atoms with Gasteiger partial charge in [0, 0.05) is 11.1 Å². The third-order valence-corrected chi connectivity index (χ3v) is 4.34. The van der Waals surface area contributed by atoms with Gasteiger partial charge in [-0.05, 0) is 48.7 Å². The van der Waals surface area contributed by atoms with Crippen LogP contribution in [-0.2, 0) is 4.74 Å². The van der Waals surface area contributed by atoms with Crippen molar-refractivity contribution in [2.24, 2.45) is 0 Å². The number of pyridine rings is 1. The smallest absolute Gasteiger partial charge is 0.340 e. The molecule has 138 valence electrons. The molecule has 0 aliphatic carbocycles. The van der Waals surface area contributed by atoms with Crippen molar-refractivity contribution in [3.8, 4) is 22.5 Å². The van der Waals surface area contributed by atoms with Crippen LogP contribution in [0, 0.1) is 5.82 Å². The standard InChI is InChI=1S/C23H22FNO2/c1-4-27-23(26)21-19(15(2)3)14-20(16-8-6-5-7-9-16)25-22(21)17-10-12-18(24)13-11-17/h5-15H,4H2,1-3H3. The van der Waals surface area contributed by atoms with Crippen LogP contribution in [0.4, 0.5) is 4.39 Å². The average Bonchev–Trinajstić information content (AvgIpc) is 2.68. The van der Waals surface area contributed by atoms with Gasteiger partial charge in [0.1, 0.15) is 5.82 Å². The summed E-state index contributed by atoms with van der Waals surface area (Å²) in [5.41, 5.74) is 4.22. The third kappa shape index (κ3) is 4.05. The summed E-state index contributed by atoms with van der Waals surface area (Å²) in [6, 6.07) is 17.8. The van der Waals surface area contributed by atoms with E-state index in [-0.39, 0.29) is 18.3 Å². The first-order valence-electron chi connectivity index (χ1n) is 9.04. The second kappa shape index (κ2) is 8.12. The summed E-state index contributed by atoms with van der Waals surface area (Å²) in [4.78, 5) is 17.5. The Bertz CT molecular complexity index is 935. The van der Waals surface area contributed by atoms with Crippen molar-refractivity contribution in [3.05, 3.63) is 77.6 Å². The minimum atomic E-state index is -0.410. The number of ether oxygens (including phenoxy) is 1. The van der Waals surface area contributed by atoms with Gasteiger partial charge < -0.3 is 4.74 Å². The molecule has 0 aliphatic rings. The summed E-state index contributed by atoms with van der Waals surface area (Å²) in [5.74, 6) is -0.651. The van der Waals surface area contributed by atoms with Gasteiger partial charge in [0.2, 0.25) is 0 Å². The van der Waals surface area contributed by atoms with Crippen LogP contribution in [0.2, 0.25) is 0 Å². The summed E-state index contributed by atoms with van der Waals surface area (Å²) in [6.45, 7) is 6.11. The Morgan fingerprint density at radius 1 is 1.04 bits per heavy atom. The number of hydrogen-bond donors (Lipinski definition) is 0. The maximum atomic E-state index is 13.4. The maximum Gasteiger partial charge on any atom is 0.340 e. The molecule has 0 spiro atoms. The number of carbonyl (C=O) groups is 1. The SMILES string of the molecule is CCOC(=O)c1c(C(C)C)cc(-c2ccccc2)nc1-c1ccc(F)cc1. The van der Waals surface area contributed by atoms with Crippen molar-refractivity contribution < 1.29 is 13.9 Å². The first-order chi connectivity index (χ1) is 13.0. The Kier molecular flexibility index (Phi) is 5.65. The molecule has 0 radical (unpaired) electrons. The molecule has 0 fully saturated rings. The summed E-state index contributed by atoms with van der Waals surface area (Å²) in [7, 11) is 0. The van der Waals surface area contributed by atoms with Gasteiger partial charge in [-0.3, -0.25) is 0 Å². The summed E-state index contributed by atoms with van der Waals surface area (Å²) in [6.07, 6.45) is 0. The Hall–Kier alpha value is -3.01. The van der Waals surface area contributed by atoms with Crippen molar-refractivity contribution in [1.29, 1.82) is 0 Å². The minimum absolute atomic E-state index is 0.0917. The molecule has 1 aromatic heterocycles. The number of esters is 1. The van der Waals surface area contributed by atoms with Gasteiger partial charge in [0.25, 0.3) is 0 Å². The molecule has 0 atom stereocenters. The lowest BCUT2D eigenvalue weighted by atomic mass is 9.92. The van der Waals surface area contributed by atoms with E-state index in [0.29, 0.717) is 16.8 Å². The van der Waals surface area contributed by atoms with E-state index >= 15 is 0 Å². The van der Waals surface area contributed by atoms with Crippen LogP contribution in [0.5, 0.6) is 0 Å². The summed E-state index contributed by atoms with van der Waals surface area (Å²) in [5, 5.41) is 0. The van der Waals surface area contributed by atoms with Crippen LogP contribution in [0.3, 0.4) is 0 Å². The molecule has 3 nitrogen and oxygen atoms in total. The first kappa shape index (κ1) is 18.8. The molecular formula is C23H22FNO2. The fourth-order valence-electron chi connectivity index (χ4n) is 3.01. The molecule has 3 aromatic rings. The van der Waals surface area contributed by atoms with E-state index in [9.17, 15) is 9.18 Å². The number of benzene rings is 2. The van der Waals surface area contributed by atoms with Crippen LogP contribution in [0.1, 0.15) is 42.6 Å². The van der Waals surface area contributed by atoms with E-state index in [0.717, 1.165) is 16.8 Å². The van der Waals surface area contributed by atoms with Crippen LogP contribution >= 0.6 is 0 Å². The van der Waals surface area contributed by atoms with E-state index in [1.165, 1.54) is 12.1 Å². The van der Waals surface area contributed by atoms with Gasteiger partial charge in [0.05, 0.1) is 23.6 Å². The maximum absolute atomic E-state index is 13.4. The van der Waals surface area contributed by atoms with Gasteiger partial charge >= 0.3 is 5.97 Å². The molecule has 1 heterocycles. The summed E-state index contributed by atoms with van der Waals surface area (Å²) >= 11 is 0. The van der Waals surface area contributed by atoms with E-state index in [4.69, 9.17) is 9.72 Å². The van der Waals surface area contributed by atoms with Crippen LogP contribution in [0.25, 0.3) is 22.5 Å². The second-order valence-corrected chi connectivity index (χ2v) is 6.57. The second-order valence-electron chi connectivity index (χ2n) is 6.57. The molecule has 0 bridgehead atoms. The normalized spacial score (nSPS) is 10.9. The Balaban J connectivity index is 2.30. The topological polar surface area (TPSA) is 39.2 Å². The fraction of sp³-hybridized carbons (Fsp3) is 0.217. The van der Waals surface area contributed by atoms with Crippen molar-refractivity contribution in [2.45, 2.75) is 26.7 Å². The van der Waals surface area contributed by atoms with Crippen LogP contribution < -0.4 is 0 Å². The molecule has 0 saturated heterocycles. The van der Waals surface area contributed by atoms with Crippen molar-refractivity contribution in [3.63, 3.8) is 0 Å². The quantitative estimate of drug-likeness (QED) is 0.533. The number of halogens is 1. The molecule has 3 rings (SSSR count). The molecule has 27 heavy (non-hydrogen) atoms. The molecular weight excluding hydrogens is 341 g/mol. The van der Waals surface area contributed by atoms with Gasteiger partial charge in [-0.2, -0.15) is 0 Å². The molecule has 0 amide bonds. The number of carbonyl (C=O) groups excluding carboxylic acids is 1. The van der Waals surface area contributed by atoms with Gasteiger partial charge in [-0.1, -0.05) is 44.2 Å². The monoisotopic (exact) mass is 363 g/mol. The number of rotatable bonds is 5. The zero-order chi connectivity index (χ0) is 19.4. The predicted octanol–water partition coefficient (Wildman–Crippen LogP) is 5.85. The Morgan fingerprint density at radius 3 is 2.30 bits per heavy atom. The van der Waals surface area contributed by atoms with E-state index < -0.39 is 5.97 Å². The molecule has 0 saturated carbocycles. The Morgan fingerprint density at radius 2 is 1.70 bits per heavy atom. The number of nitrogens with zero attached hydrogens (tertiary/aromatic N) is 1.